The summed E-state index contributed by atoms with van der Waals surface area (Å²) in [5, 5.41) is 1.54. The van der Waals surface area contributed by atoms with Crippen LogP contribution in [-0.4, -0.2) is 23.4 Å². The molecule has 0 radical (unpaired) electrons. The quantitative estimate of drug-likeness (QED) is 0.694. The summed E-state index contributed by atoms with van der Waals surface area (Å²) in [7, 11) is 0. The van der Waals surface area contributed by atoms with Gasteiger partial charge in [-0.15, -0.1) is 11.6 Å². The molecule has 0 N–H and O–H groups in total. The van der Waals surface area contributed by atoms with Crippen LogP contribution in [0.1, 0.15) is 31.2 Å². The van der Waals surface area contributed by atoms with Gasteiger partial charge >= 0.3 is 0 Å². The second-order valence-corrected chi connectivity index (χ2v) is 5.99. The number of halogens is 3. The van der Waals surface area contributed by atoms with Crippen molar-refractivity contribution in [1.82, 2.24) is 4.90 Å². The fraction of sp³-hybridized carbons (Fsp3) is 0.571. The van der Waals surface area contributed by atoms with Crippen LogP contribution in [0.25, 0.3) is 0 Å². The van der Waals surface area contributed by atoms with Gasteiger partial charge in [0.2, 0.25) is 0 Å². The number of benzene rings is 1. The summed E-state index contributed by atoms with van der Waals surface area (Å²) in [4.78, 5) is 2.49. The Morgan fingerprint density at radius 2 is 1.94 bits per heavy atom. The maximum absolute atomic E-state index is 6.23. The molecular formula is C14H18Cl3N. The molecule has 0 saturated carbocycles. The monoisotopic (exact) mass is 305 g/mol. The van der Waals surface area contributed by atoms with Gasteiger partial charge in [0, 0.05) is 34.1 Å². The Morgan fingerprint density at radius 3 is 2.61 bits per heavy atom. The van der Waals surface area contributed by atoms with E-state index in [-0.39, 0.29) is 0 Å². The summed E-state index contributed by atoms with van der Waals surface area (Å²) >= 11 is 18.2. The molecule has 1 heterocycles. The Labute approximate surface area is 124 Å². The van der Waals surface area contributed by atoms with E-state index < -0.39 is 0 Å². The van der Waals surface area contributed by atoms with E-state index in [2.05, 4.69) is 4.90 Å². The highest BCUT2D eigenvalue weighted by molar-refractivity contribution is 6.35. The number of rotatable bonds is 5. The summed E-state index contributed by atoms with van der Waals surface area (Å²) in [6.07, 6.45) is 4.78. The molecule has 1 aromatic carbocycles. The number of alkyl halides is 1. The number of likely N-dealkylation sites (tertiary alicyclic amines) is 1. The average molecular weight is 307 g/mol. The van der Waals surface area contributed by atoms with Gasteiger partial charge in [-0.25, -0.2) is 0 Å². The van der Waals surface area contributed by atoms with Crippen LogP contribution in [0.5, 0.6) is 0 Å². The van der Waals surface area contributed by atoms with Crippen molar-refractivity contribution in [3.8, 4) is 0 Å². The van der Waals surface area contributed by atoms with Crippen molar-refractivity contribution < 1.29 is 0 Å². The fourth-order valence-electron chi connectivity index (χ4n) is 2.63. The zero-order valence-corrected chi connectivity index (χ0v) is 12.6. The Morgan fingerprint density at radius 1 is 1.22 bits per heavy atom. The molecule has 1 aromatic rings. The molecular weight excluding hydrogens is 289 g/mol. The summed E-state index contributed by atoms with van der Waals surface area (Å²) in [6.45, 7) is 1.99. The number of hydrogen-bond donors (Lipinski definition) is 0. The normalized spacial score (nSPS) is 20.5. The molecule has 0 amide bonds. The van der Waals surface area contributed by atoms with Gasteiger partial charge in [-0.2, -0.15) is 0 Å². The molecule has 0 aromatic heterocycles. The fourth-order valence-corrected chi connectivity index (χ4v) is 3.30. The molecule has 1 nitrogen and oxygen atoms in total. The van der Waals surface area contributed by atoms with Gasteiger partial charge in [0.25, 0.3) is 0 Å². The molecule has 0 bridgehead atoms. The van der Waals surface area contributed by atoms with Gasteiger partial charge < -0.3 is 0 Å². The minimum Gasteiger partial charge on any atom is -0.296 e. The zero-order chi connectivity index (χ0) is 13.0. The standard InChI is InChI=1S/C14H18Cl3N/c15-8-2-4-11-5-3-9-18(11)10-12-13(16)6-1-7-14(12)17/h1,6-7,11H,2-5,8-10H2. The van der Waals surface area contributed by atoms with Gasteiger partial charge in [0.1, 0.15) is 0 Å². The molecule has 0 spiro atoms. The summed E-state index contributed by atoms with van der Waals surface area (Å²) in [5.74, 6) is 0.747. The van der Waals surface area contributed by atoms with Gasteiger partial charge in [-0.1, -0.05) is 29.3 Å². The third-order valence-corrected chi connectivity index (χ3v) is 4.57. The van der Waals surface area contributed by atoms with Gasteiger partial charge in [-0.05, 0) is 44.4 Å². The molecule has 18 heavy (non-hydrogen) atoms. The van der Waals surface area contributed by atoms with Crippen molar-refractivity contribution in [2.75, 3.05) is 12.4 Å². The molecule has 4 heteroatoms. The first-order chi connectivity index (χ1) is 8.72. The highest BCUT2D eigenvalue weighted by Crippen LogP contribution is 2.30. The first-order valence-corrected chi connectivity index (χ1v) is 7.74. The molecule has 1 aliphatic rings. The first kappa shape index (κ1) is 14.5. The van der Waals surface area contributed by atoms with Crippen molar-refractivity contribution in [2.45, 2.75) is 38.3 Å². The molecule has 0 aliphatic carbocycles. The van der Waals surface area contributed by atoms with Crippen molar-refractivity contribution >= 4 is 34.8 Å². The third-order valence-electron chi connectivity index (χ3n) is 3.59. The van der Waals surface area contributed by atoms with Crippen LogP contribution in [0.4, 0.5) is 0 Å². The third kappa shape index (κ3) is 3.54. The van der Waals surface area contributed by atoms with Crippen molar-refractivity contribution in [3.05, 3.63) is 33.8 Å². The van der Waals surface area contributed by atoms with Gasteiger partial charge in [-0.3, -0.25) is 4.90 Å². The van der Waals surface area contributed by atoms with Crippen molar-refractivity contribution in [1.29, 1.82) is 0 Å². The maximum Gasteiger partial charge on any atom is 0.0465 e. The molecule has 2 rings (SSSR count). The number of nitrogens with zero attached hydrogens (tertiary/aromatic N) is 1. The highest BCUT2D eigenvalue weighted by Gasteiger charge is 2.25. The molecule has 1 saturated heterocycles. The lowest BCUT2D eigenvalue weighted by Gasteiger charge is -2.25. The van der Waals surface area contributed by atoms with Crippen LogP contribution in [0.2, 0.25) is 10.0 Å². The van der Waals surface area contributed by atoms with E-state index in [1.807, 2.05) is 18.2 Å². The van der Waals surface area contributed by atoms with Crippen LogP contribution in [0, 0.1) is 0 Å². The summed E-state index contributed by atoms with van der Waals surface area (Å²) in [5.41, 5.74) is 1.05. The van der Waals surface area contributed by atoms with Crippen LogP contribution >= 0.6 is 34.8 Å². The van der Waals surface area contributed by atoms with Crippen molar-refractivity contribution in [2.24, 2.45) is 0 Å². The van der Waals surface area contributed by atoms with E-state index in [0.29, 0.717) is 6.04 Å². The molecule has 100 valence electrons. The van der Waals surface area contributed by atoms with E-state index in [1.54, 1.807) is 0 Å². The van der Waals surface area contributed by atoms with Crippen LogP contribution in [0.3, 0.4) is 0 Å². The molecule has 1 fully saturated rings. The predicted molar refractivity (Wildman–Crippen MR) is 79.8 cm³/mol. The lowest BCUT2D eigenvalue weighted by Crippen LogP contribution is -2.29. The predicted octanol–water partition coefficient (Wildman–Crippen LogP) is 4.98. The zero-order valence-electron chi connectivity index (χ0n) is 10.3. The minimum atomic E-state index is 0.635. The Hall–Kier alpha value is 0.0500. The van der Waals surface area contributed by atoms with Gasteiger partial charge in [0.15, 0.2) is 0 Å². The van der Waals surface area contributed by atoms with E-state index in [1.165, 1.54) is 19.3 Å². The Balaban J connectivity index is 2.03. The number of hydrogen-bond acceptors (Lipinski definition) is 1. The van der Waals surface area contributed by atoms with E-state index in [4.69, 9.17) is 34.8 Å². The molecule has 1 atom stereocenters. The molecule has 1 unspecified atom stereocenters. The van der Waals surface area contributed by atoms with Crippen LogP contribution < -0.4 is 0 Å². The van der Waals surface area contributed by atoms with E-state index >= 15 is 0 Å². The SMILES string of the molecule is ClCCCC1CCCN1Cc1c(Cl)cccc1Cl. The lowest BCUT2D eigenvalue weighted by molar-refractivity contribution is 0.234. The lowest BCUT2D eigenvalue weighted by atomic mass is 10.1. The first-order valence-electron chi connectivity index (χ1n) is 6.45. The Kier molecular flexibility index (Phi) is 5.62. The second-order valence-electron chi connectivity index (χ2n) is 4.80. The summed E-state index contributed by atoms with van der Waals surface area (Å²) < 4.78 is 0. The largest absolute Gasteiger partial charge is 0.296 e. The summed E-state index contributed by atoms with van der Waals surface area (Å²) in [6, 6.07) is 6.35. The van der Waals surface area contributed by atoms with E-state index in [0.717, 1.165) is 41.0 Å². The van der Waals surface area contributed by atoms with E-state index in [9.17, 15) is 0 Å². The highest BCUT2D eigenvalue weighted by atomic mass is 35.5. The second kappa shape index (κ2) is 7.00. The van der Waals surface area contributed by atoms with Crippen LogP contribution in [0.15, 0.2) is 18.2 Å². The van der Waals surface area contributed by atoms with Crippen LogP contribution in [-0.2, 0) is 6.54 Å². The van der Waals surface area contributed by atoms with Crippen molar-refractivity contribution in [3.63, 3.8) is 0 Å². The molecule has 1 aliphatic heterocycles. The maximum atomic E-state index is 6.23. The topological polar surface area (TPSA) is 3.24 Å². The smallest absolute Gasteiger partial charge is 0.0465 e. The minimum absolute atomic E-state index is 0.635. The average Bonchev–Trinajstić information content (AvgIpc) is 2.79. The Bertz CT molecular complexity index is 374. The van der Waals surface area contributed by atoms with Gasteiger partial charge in [0.05, 0.1) is 0 Å².